The maximum Gasteiger partial charge on any atom is 0.268 e. The van der Waals surface area contributed by atoms with Crippen molar-refractivity contribution in [2.24, 2.45) is 0 Å². The highest BCUT2D eigenvalue weighted by Crippen LogP contribution is 2.33. The highest BCUT2D eigenvalue weighted by molar-refractivity contribution is 6.35. The van der Waals surface area contributed by atoms with Gasteiger partial charge in [0, 0.05) is 31.1 Å². The normalized spacial score (nSPS) is 24.0. The summed E-state index contributed by atoms with van der Waals surface area (Å²) < 4.78 is 33.2. The fourth-order valence-electron chi connectivity index (χ4n) is 3.90. The number of nitriles is 1. The van der Waals surface area contributed by atoms with E-state index in [4.69, 9.17) is 21.6 Å². The number of carbonyl (C=O) groups excluding carboxylic acids is 1. The topological polar surface area (TPSA) is 69.5 Å². The molecule has 1 aromatic heterocycles. The number of likely N-dealkylation sites (tertiary alicyclic amines) is 2. The summed E-state index contributed by atoms with van der Waals surface area (Å²) >= 11 is 6.21. The summed E-state index contributed by atoms with van der Waals surface area (Å²) in [6, 6.07) is 7.93. The number of aromatic nitrogens is 1. The summed E-state index contributed by atoms with van der Waals surface area (Å²) in [7, 11) is 0. The van der Waals surface area contributed by atoms with Crippen LogP contribution >= 0.6 is 11.6 Å². The lowest BCUT2D eigenvalue weighted by atomic mass is 10.2. The van der Waals surface area contributed by atoms with Crippen LogP contribution in [0.25, 0.3) is 10.9 Å². The number of hydrogen-bond donors (Lipinski definition) is 0. The molecular weight excluding hydrogens is 402 g/mol. The van der Waals surface area contributed by atoms with Gasteiger partial charge in [-0.05, 0) is 30.7 Å². The van der Waals surface area contributed by atoms with Crippen molar-refractivity contribution >= 4 is 28.4 Å². The van der Waals surface area contributed by atoms with Gasteiger partial charge in [0.25, 0.3) is 5.92 Å². The Morgan fingerprint density at radius 3 is 3.03 bits per heavy atom. The number of benzene rings is 1. The van der Waals surface area contributed by atoms with Crippen molar-refractivity contribution in [1.29, 1.82) is 5.26 Å². The minimum atomic E-state index is -3.00. The number of ether oxygens (including phenoxy) is 1. The van der Waals surface area contributed by atoms with E-state index < -0.39 is 30.8 Å². The molecule has 0 bridgehead atoms. The van der Waals surface area contributed by atoms with Crippen LogP contribution in [0.3, 0.4) is 0 Å². The molecule has 152 valence electrons. The maximum atomic E-state index is 13.6. The van der Waals surface area contributed by atoms with Crippen molar-refractivity contribution in [3.8, 4) is 11.8 Å². The molecule has 2 atom stereocenters. The fraction of sp³-hybridized carbons (Fsp3) is 0.450. The van der Waals surface area contributed by atoms with Crippen LogP contribution < -0.4 is 4.74 Å². The molecule has 1 unspecified atom stereocenters. The number of alkyl halides is 2. The number of hydrogen-bond acceptors (Lipinski definition) is 5. The Morgan fingerprint density at radius 1 is 1.41 bits per heavy atom. The van der Waals surface area contributed by atoms with E-state index in [0.29, 0.717) is 35.8 Å². The van der Waals surface area contributed by atoms with Crippen LogP contribution in [-0.4, -0.2) is 64.9 Å². The van der Waals surface area contributed by atoms with E-state index in [9.17, 15) is 13.6 Å². The number of fused-ring (bicyclic) bond motifs is 1. The molecule has 29 heavy (non-hydrogen) atoms. The molecule has 1 amide bonds. The van der Waals surface area contributed by atoms with Crippen molar-refractivity contribution in [3.63, 3.8) is 0 Å². The van der Waals surface area contributed by atoms with Gasteiger partial charge < -0.3 is 9.64 Å². The average molecular weight is 421 g/mol. The lowest BCUT2D eigenvalue weighted by Crippen LogP contribution is -2.42. The molecule has 2 aliphatic heterocycles. The van der Waals surface area contributed by atoms with Gasteiger partial charge in [-0.3, -0.25) is 14.7 Å². The largest absolute Gasteiger partial charge is 0.487 e. The molecule has 1 aromatic carbocycles. The van der Waals surface area contributed by atoms with Gasteiger partial charge in [-0.15, -0.1) is 0 Å². The predicted octanol–water partition coefficient (Wildman–Crippen LogP) is 3.10. The van der Waals surface area contributed by atoms with Gasteiger partial charge in [0.1, 0.15) is 23.4 Å². The Balaban J connectivity index is 1.39. The van der Waals surface area contributed by atoms with Crippen molar-refractivity contribution in [2.75, 3.05) is 26.2 Å². The van der Waals surface area contributed by atoms with Crippen LogP contribution in [0.2, 0.25) is 5.02 Å². The SMILES string of the molecule is N#CC1CC(F)(F)CN1C(=O)CN1CC[C@H](Oc2ccc(Cl)c3cccnc23)C1. The zero-order valence-electron chi connectivity index (χ0n) is 15.5. The Kier molecular flexibility index (Phi) is 5.28. The molecule has 6 nitrogen and oxygen atoms in total. The van der Waals surface area contributed by atoms with Gasteiger partial charge in [-0.2, -0.15) is 5.26 Å². The molecule has 0 saturated carbocycles. The van der Waals surface area contributed by atoms with E-state index >= 15 is 0 Å². The predicted molar refractivity (Wildman–Crippen MR) is 103 cm³/mol. The second kappa shape index (κ2) is 7.73. The number of amides is 1. The number of rotatable bonds is 4. The number of carbonyl (C=O) groups is 1. The first kappa shape index (κ1) is 19.8. The Morgan fingerprint density at radius 2 is 2.24 bits per heavy atom. The zero-order chi connectivity index (χ0) is 20.6. The van der Waals surface area contributed by atoms with E-state index in [2.05, 4.69) is 4.98 Å². The Labute approximate surface area is 171 Å². The molecule has 2 aromatic rings. The van der Waals surface area contributed by atoms with Crippen LogP contribution in [0, 0.1) is 11.3 Å². The van der Waals surface area contributed by atoms with E-state index in [1.54, 1.807) is 30.5 Å². The minimum absolute atomic E-state index is 0.00621. The lowest BCUT2D eigenvalue weighted by molar-refractivity contribution is -0.133. The third-order valence-electron chi connectivity index (χ3n) is 5.30. The summed E-state index contributed by atoms with van der Waals surface area (Å²) in [5.74, 6) is -2.84. The molecular formula is C20H19ClF2N4O2. The molecule has 4 rings (SSSR count). The van der Waals surface area contributed by atoms with Crippen molar-refractivity contribution < 1.29 is 18.3 Å². The van der Waals surface area contributed by atoms with Gasteiger partial charge >= 0.3 is 0 Å². The standard InChI is InChI=1S/C20H19ClF2N4O2/c21-16-3-4-17(19-15(16)2-1-6-25-19)29-14-5-7-26(10-14)11-18(28)27-12-20(22,23)8-13(27)9-24/h1-4,6,13-14H,5,7-8,10-12H2/t13?,14-/m0/s1. The van der Waals surface area contributed by atoms with Gasteiger partial charge in [0.2, 0.25) is 5.91 Å². The van der Waals surface area contributed by atoms with E-state index in [0.717, 1.165) is 10.3 Å². The smallest absolute Gasteiger partial charge is 0.268 e. The van der Waals surface area contributed by atoms with Crippen LogP contribution in [0.5, 0.6) is 5.75 Å². The minimum Gasteiger partial charge on any atom is -0.487 e. The Bertz CT molecular complexity index is 981. The van der Waals surface area contributed by atoms with E-state index in [-0.39, 0.29) is 12.6 Å². The highest BCUT2D eigenvalue weighted by atomic mass is 35.5. The third-order valence-corrected chi connectivity index (χ3v) is 5.63. The van der Waals surface area contributed by atoms with Crippen LogP contribution in [0.4, 0.5) is 8.78 Å². The van der Waals surface area contributed by atoms with Gasteiger partial charge in [0.05, 0.1) is 24.2 Å². The van der Waals surface area contributed by atoms with Crippen LogP contribution in [0.1, 0.15) is 12.8 Å². The first-order valence-corrected chi connectivity index (χ1v) is 9.73. The molecule has 2 fully saturated rings. The van der Waals surface area contributed by atoms with E-state index in [1.165, 1.54) is 0 Å². The first-order valence-electron chi connectivity index (χ1n) is 9.35. The van der Waals surface area contributed by atoms with Gasteiger partial charge in [-0.1, -0.05) is 11.6 Å². The molecule has 0 radical (unpaired) electrons. The zero-order valence-corrected chi connectivity index (χ0v) is 16.3. The number of pyridine rings is 1. The third kappa shape index (κ3) is 4.11. The average Bonchev–Trinajstić information content (AvgIpc) is 3.27. The molecule has 0 spiro atoms. The molecule has 2 aliphatic rings. The summed E-state index contributed by atoms with van der Waals surface area (Å²) in [6.45, 7) is 0.398. The fourth-order valence-corrected chi connectivity index (χ4v) is 4.12. The van der Waals surface area contributed by atoms with Crippen LogP contribution in [0.15, 0.2) is 30.5 Å². The van der Waals surface area contributed by atoms with Crippen LogP contribution in [-0.2, 0) is 4.79 Å². The summed E-state index contributed by atoms with van der Waals surface area (Å²) in [5, 5.41) is 10.5. The monoisotopic (exact) mass is 420 g/mol. The first-order chi connectivity index (χ1) is 13.9. The lowest BCUT2D eigenvalue weighted by Gasteiger charge is -2.23. The molecule has 0 aliphatic carbocycles. The highest BCUT2D eigenvalue weighted by Gasteiger charge is 2.47. The number of nitrogens with zero attached hydrogens (tertiary/aromatic N) is 4. The molecule has 2 saturated heterocycles. The maximum absolute atomic E-state index is 13.6. The second-order valence-electron chi connectivity index (χ2n) is 7.44. The summed E-state index contributed by atoms with van der Waals surface area (Å²) in [4.78, 5) is 19.7. The molecule has 3 heterocycles. The Hall–Kier alpha value is -2.50. The number of halogens is 3. The molecule has 9 heteroatoms. The summed E-state index contributed by atoms with van der Waals surface area (Å²) in [5.41, 5.74) is 0.672. The van der Waals surface area contributed by atoms with E-state index in [1.807, 2.05) is 11.0 Å². The quantitative estimate of drug-likeness (QED) is 0.760. The van der Waals surface area contributed by atoms with Crippen molar-refractivity contribution in [3.05, 3.63) is 35.5 Å². The van der Waals surface area contributed by atoms with Gasteiger partial charge in [-0.25, -0.2) is 8.78 Å². The summed E-state index contributed by atoms with van der Waals surface area (Å²) in [6.07, 6.45) is 1.61. The molecule has 0 N–H and O–H groups in total. The van der Waals surface area contributed by atoms with Gasteiger partial charge in [0.15, 0.2) is 0 Å². The van der Waals surface area contributed by atoms with Crippen molar-refractivity contribution in [1.82, 2.24) is 14.8 Å². The second-order valence-corrected chi connectivity index (χ2v) is 7.84. The van der Waals surface area contributed by atoms with Crippen molar-refractivity contribution in [2.45, 2.75) is 30.9 Å².